The highest BCUT2D eigenvalue weighted by molar-refractivity contribution is 7.92. The number of thiazole rings is 1. The second-order valence-electron chi connectivity index (χ2n) is 6.44. The molecule has 0 unspecified atom stereocenters. The highest BCUT2D eigenvalue weighted by Crippen LogP contribution is 2.35. The molecule has 1 aliphatic rings. The molecular formula is C19H14F2N2O4S2. The topological polar surface area (TPSA) is 87.6 Å². The molecule has 1 aliphatic heterocycles. The first-order valence-electron chi connectivity index (χ1n) is 8.57. The van der Waals surface area contributed by atoms with Gasteiger partial charge in [-0.25, -0.2) is 18.6 Å². The third-order valence-electron chi connectivity index (χ3n) is 4.60. The van der Waals surface area contributed by atoms with E-state index in [2.05, 4.69) is 4.98 Å². The maximum absolute atomic E-state index is 14.2. The number of aryl methyl sites for hydroxylation is 1. The van der Waals surface area contributed by atoms with Crippen molar-refractivity contribution in [2.24, 2.45) is 0 Å². The highest BCUT2D eigenvalue weighted by Gasteiger charge is 2.32. The van der Waals surface area contributed by atoms with Gasteiger partial charge in [0.25, 0.3) is 10.0 Å². The molecular weight excluding hydrogens is 422 g/mol. The summed E-state index contributed by atoms with van der Waals surface area (Å²) in [5.41, 5.74) is 0.659. The number of sulfonamides is 1. The van der Waals surface area contributed by atoms with Crippen molar-refractivity contribution >= 4 is 33.0 Å². The average Bonchev–Trinajstić information content (AvgIpc) is 3.18. The maximum atomic E-state index is 14.2. The fourth-order valence-electron chi connectivity index (χ4n) is 3.20. The number of halogens is 2. The van der Waals surface area contributed by atoms with Gasteiger partial charge < -0.3 is 5.11 Å². The fraction of sp³-hybridized carbons (Fsp3) is 0.158. The summed E-state index contributed by atoms with van der Waals surface area (Å²) in [5.74, 6) is -2.82. The Labute approximate surface area is 169 Å². The van der Waals surface area contributed by atoms with Crippen LogP contribution in [0.15, 0.2) is 46.8 Å². The van der Waals surface area contributed by atoms with Gasteiger partial charge in [0.05, 0.1) is 11.3 Å². The van der Waals surface area contributed by atoms with E-state index in [0.717, 1.165) is 21.7 Å². The SMILES string of the molecule is O=C(O)c1cc2c(cc1F)N(S(=O)(=O)c1csc(-c3ccc(F)cc3)n1)CCC2. The molecule has 0 saturated heterocycles. The number of carbonyl (C=O) groups is 1. The van der Waals surface area contributed by atoms with Crippen LogP contribution in [0.1, 0.15) is 22.3 Å². The molecule has 0 aliphatic carbocycles. The van der Waals surface area contributed by atoms with Crippen LogP contribution in [0, 0.1) is 11.6 Å². The van der Waals surface area contributed by atoms with Crippen LogP contribution in [0.25, 0.3) is 10.6 Å². The molecule has 6 nitrogen and oxygen atoms in total. The Hall–Kier alpha value is -2.85. The predicted octanol–water partition coefficient (Wildman–Crippen LogP) is 3.93. The zero-order valence-electron chi connectivity index (χ0n) is 14.8. The summed E-state index contributed by atoms with van der Waals surface area (Å²) in [6.07, 6.45) is 0.908. The third kappa shape index (κ3) is 3.49. The molecule has 10 heteroatoms. The Balaban J connectivity index is 1.73. The molecule has 3 aromatic rings. The number of carboxylic acid groups (broad SMARTS) is 1. The van der Waals surface area contributed by atoms with Crippen molar-refractivity contribution in [3.05, 3.63) is 64.5 Å². The van der Waals surface area contributed by atoms with Crippen LogP contribution in [0.5, 0.6) is 0 Å². The van der Waals surface area contributed by atoms with Gasteiger partial charge >= 0.3 is 5.97 Å². The molecule has 2 heterocycles. The van der Waals surface area contributed by atoms with Crippen LogP contribution in [-0.2, 0) is 16.4 Å². The van der Waals surface area contributed by atoms with Gasteiger partial charge in [0.15, 0.2) is 5.03 Å². The predicted molar refractivity (Wildman–Crippen MR) is 104 cm³/mol. The van der Waals surface area contributed by atoms with E-state index in [1.807, 2.05) is 0 Å². The summed E-state index contributed by atoms with van der Waals surface area (Å²) < 4.78 is 54.7. The zero-order chi connectivity index (χ0) is 20.8. The number of fused-ring (bicyclic) bond motifs is 1. The Bertz CT molecular complexity index is 1210. The summed E-state index contributed by atoms with van der Waals surface area (Å²) in [4.78, 5) is 15.3. The Morgan fingerprint density at radius 2 is 1.90 bits per heavy atom. The van der Waals surface area contributed by atoms with Crippen molar-refractivity contribution in [3.8, 4) is 10.6 Å². The Morgan fingerprint density at radius 1 is 1.17 bits per heavy atom. The molecule has 0 saturated carbocycles. The Kier molecular flexibility index (Phi) is 4.83. The van der Waals surface area contributed by atoms with E-state index in [4.69, 9.17) is 5.11 Å². The number of hydrogen-bond donors (Lipinski definition) is 1. The number of nitrogens with zero attached hydrogens (tertiary/aromatic N) is 2. The van der Waals surface area contributed by atoms with Crippen molar-refractivity contribution in [1.29, 1.82) is 0 Å². The van der Waals surface area contributed by atoms with Crippen LogP contribution in [0.3, 0.4) is 0 Å². The fourth-order valence-corrected chi connectivity index (χ4v) is 5.81. The molecule has 4 rings (SSSR count). The first-order chi connectivity index (χ1) is 13.8. The largest absolute Gasteiger partial charge is 0.478 e. The lowest BCUT2D eigenvalue weighted by Crippen LogP contribution is -2.36. The van der Waals surface area contributed by atoms with E-state index < -0.39 is 33.2 Å². The number of carboxylic acids is 1. The molecule has 0 radical (unpaired) electrons. The van der Waals surface area contributed by atoms with E-state index in [1.54, 1.807) is 0 Å². The smallest absolute Gasteiger partial charge is 0.338 e. The van der Waals surface area contributed by atoms with Crippen LogP contribution < -0.4 is 4.31 Å². The van der Waals surface area contributed by atoms with Gasteiger partial charge in [0.2, 0.25) is 0 Å². The van der Waals surface area contributed by atoms with Crippen molar-refractivity contribution < 1.29 is 27.1 Å². The standard InChI is InChI=1S/C19H14F2N2O4S2/c20-13-5-3-11(4-6-13)18-22-17(10-28-18)29(26,27)23-7-1-2-12-8-14(19(24)25)15(21)9-16(12)23/h3-6,8-10H,1-2,7H2,(H,24,25). The van der Waals surface area contributed by atoms with E-state index in [1.165, 1.54) is 35.7 Å². The molecule has 0 bridgehead atoms. The van der Waals surface area contributed by atoms with Crippen LogP contribution in [0.4, 0.5) is 14.5 Å². The van der Waals surface area contributed by atoms with Gasteiger partial charge in [-0.15, -0.1) is 11.3 Å². The Morgan fingerprint density at radius 3 is 2.59 bits per heavy atom. The number of anilines is 1. The summed E-state index contributed by atoms with van der Waals surface area (Å²) in [6.45, 7) is 0.130. The molecule has 1 aromatic heterocycles. The molecule has 150 valence electrons. The van der Waals surface area contributed by atoms with Gasteiger partial charge in [-0.2, -0.15) is 8.42 Å². The van der Waals surface area contributed by atoms with Gasteiger partial charge in [-0.3, -0.25) is 4.31 Å². The van der Waals surface area contributed by atoms with Crippen LogP contribution in [0.2, 0.25) is 0 Å². The average molecular weight is 436 g/mol. The zero-order valence-corrected chi connectivity index (χ0v) is 16.4. The third-order valence-corrected chi connectivity index (χ3v) is 7.34. The number of benzene rings is 2. The van der Waals surface area contributed by atoms with E-state index in [9.17, 15) is 22.0 Å². The number of hydrogen-bond acceptors (Lipinski definition) is 5. The second kappa shape index (κ2) is 7.20. The monoisotopic (exact) mass is 436 g/mol. The minimum absolute atomic E-state index is 0.120. The summed E-state index contributed by atoms with van der Waals surface area (Å²) in [5, 5.41) is 10.7. The second-order valence-corrected chi connectivity index (χ2v) is 9.11. The summed E-state index contributed by atoms with van der Waals surface area (Å²) >= 11 is 1.10. The lowest BCUT2D eigenvalue weighted by Gasteiger charge is -2.30. The minimum Gasteiger partial charge on any atom is -0.478 e. The molecule has 29 heavy (non-hydrogen) atoms. The van der Waals surface area contributed by atoms with Crippen LogP contribution in [-0.4, -0.2) is 31.0 Å². The lowest BCUT2D eigenvalue weighted by molar-refractivity contribution is 0.0691. The molecule has 0 amide bonds. The van der Waals surface area contributed by atoms with Gasteiger partial charge in [-0.1, -0.05) is 0 Å². The van der Waals surface area contributed by atoms with Crippen LogP contribution >= 0.6 is 11.3 Å². The molecule has 0 atom stereocenters. The maximum Gasteiger partial charge on any atom is 0.338 e. The molecule has 0 fully saturated rings. The molecule has 2 aromatic carbocycles. The van der Waals surface area contributed by atoms with Crippen molar-refractivity contribution in [2.75, 3.05) is 10.8 Å². The van der Waals surface area contributed by atoms with Crippen molar-refractivity contribution in [3.63, 3.8) is 0 Å². The number of aromatic nitrogens is 1. The minimum atomic E-state index is -4.08. The van der Waals surface area contributed by atoms with E-state index in [-0.39, 0.29) is 17.3 Å². The molecule has 0 spiro atoms. The van der Waals surface area contributed by atoms with E-state index in [0.29, 0.717) is 29.0 Å². The first-order valence-corrected chi connectivity index (χ1v) is 10.9. The molecule has 1 N–H and O–H groups in total. The first kappa shape index (κ1) is 19.5. The van der Waals surface area contributed by atoms with Gasteiger partial charge in [-0.05, 0) is 54.8 Å². The van der Waals surface area contributed by atoms with E-state index >= 15 is 0 Å². The number of aromatic carboxylic acids is 1. The normalized spacial score (nSPS) is 13.9. The summed E-state index contributed by atoms with van der Waals surface area (Å²) in [6, 6.07) is 7.65. The highest BCUT2D eigenvalue weighted by atomic mass is 32.2. The number of rotatable bonds is 4. The van der Waals surface area contributed by atoms with Crippen molar-refractivity contribution in [1.82, 2.24) is 4.98 Å². The van der Waals surface area contributed by atoms with Gasteiger partial charge in [0, 0.05) is 17.5 Å². The summed E-state index contributed by atoms with van der Waals surface area (Å²) in [7, 11) is -4.08. The quantitative estimate of drug-likeness (QED) is 0.670. The van der Waals surface area contributed by atoms with Crippen molar-refractivity contribution in [2.45, 2.75) is 17.9 Å². The van der Waals surface area contributed by atoms with Gasteiger partial charge in [0.1, 0.15) is 16.6 Å². The lowest BCUT2D eigenvalue weighted by atomic mass is 10.0.